The number of hydrogen-bond donors (Lipinski definition) is 2. The van der Waals surface area contributed by atoms with Gasteiger partial charge < -0.3 is 4.74 Å². The van der Waals surface area contributed by atoms with Gasteiger partial charge in [0, 0.05) is 41.3 Å². The number of aromatic amines is 1. The molecule has 4 aromatic rings. The Balaban J connectivity index is 1.33. The first-order valence-electron chi connectivity index (χ1n) is 12.0. The van der Waals surface area contributed by atoms with E-state index < -0.39 is 6.29 Å². The van der Waals surface area contributed by atoms with E-state index in [4.69, 9.17) is 14.6 Å². The van der Waals surface area contributed by atoms with Gasteiger partial charge in [0.25, 0.3) is 5.91 Å². The number of carbonyl (C=O) groups is 1. The predicted octanol–water partition coefficient (Wildman–Crippen LogP) is 4.55. The van der Waals surface area contributed by atoms with E-state index in [1.54, 1.807) is 12.3 Å². The normalized spacial score (nSPS) is 18.2. The van der Waals surface area contributed by atoms with E-state index in [2.05, 4.69) is 33.7 Å². The lowest BCUT2D eigenvalue weighted by Gasteiger charge is -2.22. The summed E-state index contributed by atoms with van der Waals surface area (Å²) in [6, 6.07) is 7.72. The molecule has 1 aliphatic heterocycles. The van der Waals surface area contributed by atoms with Crippen LogP contribution in [0.1, 0.15) is 59.4 Å². The zero-order valence-electron chi connectivity index (χ0n) is 19.2. The van der Waals surface area contributed by atoms with Crippen LogP contribution in [0.25, 0.3) is 33.1 Å². The van der Waals surface area contributed by atoms with Crippen molar-refractivity contribution in [1.82, 2.24) is 25.6 Å². The Morgan fingerprint density at radius 2 is 1.91 bits per heavy atom. The highest BCUT2D eigenvalue weighted by molar-refractivity contribution is 6.09. The largest absolute Gasteiger partial charge is 0.350 e. The average molecular weight is 458 g/mol. The van der Waals surface area contributed by atoms with E-state index in [1.807, 2.05) is 12.1 Å². The number of ether oxygens (including phenoxy) is 1. The van der Waals surface area contributed by atoms with Gasteiger partial charge in [-0.15, -0.1) is 0 Å². The van der Waals surface area contributed by atoms with E-state index in [1.165, 1.54) is 28.3 Å². The maximum Gasteiger partial charge on any atom is 0.293 e. The lowest BCUT2D eigenvalue weighted by molar-refractivity contribution is -0.186. The van der Waals surface area contributed by atoms with Gasteiger partial charge in [-0.1, -0.05) is 0 Å². The van der Waals surface area contributed by atoms with Gasteiger partial charge in [-0.05, 0) is 80.8 Å². The quantitative estimate of drug-likeness (QED) is 0.436. The number of hydrogen-bond acceptors (Lipinski definition) is 6. The van der Waals surface area contributed by atoms with E-state index in [9.17, 15) is 4.79 Å². The van der Waals surface area contributed by atoms with Gasteiger partial charge in [0.15, 0.2) is 6.29 Å². The van der Waals surface area contributed by atoms with Crippen molar-refractivity contribution in [2.24, 2.45) is 0 Å². The topological polar surface area (TPSA) is 102 Å². The van der Waals surface area contributed by atoms with Crippen LogP contribution >= 0.6 is 0 Å². The maximum atomic E-state index is 12.5. The van der Waals surface area contributed by atoms with Crippen LogP contribution in [0.4, 0.5) is 0 Å². The minimum Gasteiger partial charge on any atom is -0.350 e. The SMILES string of the molecule is Cc1[nH]nc2ccc3nc(-c4ccc(C(=O)NOC5CCCCO5)nc4)c4c(c3c12)CCCC4. The highest BCUT2D eigenvalue weighted by Gasteiger charge is 2.23. The molecule has 1 unspecified atom stereocenters. The molecule has 3 aromatic heterocycles. The number of hydroxylamine groups is 1. The molecule has 8 nitrogen and oxygen atoms in total. The number of amides is 1. The fraction of sp³-hybridized carbons (Fsp3) is 0.385. The number of aromatic nitrogens is 4. The Morgan fingerprint density at radius 1 is 1.06 bits per heavy atom. The molecular weight excluding hydrogens is 430 g/mol. The van der Waals surface area contributed by atoms with E-state index >= 15 is 0 Å². The summed E-state index contributed by atoms with van der Waals surface area (Å²) in [5.41, 5.74) is 10.3. The smallest absolute Gasteiger partial charge is 0.293 e. The van der Waals surface area contributed by atoms with Crippen molar-refractivity contribution in [3.63, 3.8) is 0 Å². The van der Waals surface area contributed by atoms with Crippen LogP contribution in [0.2, 0.25) is 0 Å². The summed E-state index contributed by atoms with van der Waals surface area (Å²) in [7, 11) is 0. The standard InChI is InChI=1S/C26H27N5O3/c1-15-23-20(30-29-15)12-11-19-24(23)17-6-2-3-7-18(17)25(28-19)16-9-10-21(27-14-16)26(32)31-34-22-8-4-5-13-33-22/h9-12,14,22H,2-8,13H2,1H3,(H,29,30)(H,31,32). The fourth-order valence-electron chi connectivity index (χ4n) is 5.17. The van der Waals surface area contributed by atoms with Crippen LogP contribution in [0.5, 0.6) is 0 Å². The van der Waals surface area contributed by atoms with Crippen LogP contribution in [-0.4, -0.2) is 39.0 Å². The second-order valence-corrected chi connectivity index (χ2v) is 9.10. The Hall–Kier alpha value is -3.36. The fourth-order valence-corrected chi connectivity index (χ4v) is 5.17. The Morgan fingerprint density at radius 3 is 2.71 bits per heavy atom. The zero-order chi connectivity index (χ0) is 23.1. The van der Waals surface area contributed by atoms with Gasteiger partial charge in [0.05, 0.1) is 16.7 Å². The molecule has 0 radical (unpaired) electrons. The molecule has 2 aliphatic rings. The van der Waals surface area contributed by atoms with Gasteiger partial charge >= 0.3 is 0 Å². The van der Waals surface area contributed by atoms with Crippen LogP contribution in [0, 0.1) is 6.92 Å². The lowest BCUT2D eigenvalue weighted by atomic mass is 9.85. The molecule has 2 N–H and O–H groups in total. The second-order valence-electron chi connectivity index (χ2n) is 9.10. The van der Waals surface area contributed by atoms with Crippen LogP contribution < -0.4 is 5.48 Å². The molecule has 0 saturated carbocycles. The molecule has 34 heavy (non-hydrogen) atoms. The summed E-state index contributed by atoms with van der Waals surface area (Å²) in [6.45, 7) is 2.72. The first-order chi connectivity index (χ1) is 16.7. The Bertz CT molecular complexity index is 1370. The van der Waals surface area contributed by atoms with E-state index in [0.29, 0.717) is 12.3 Å². The first kappa shape index (κ1) is 21.2. The summed E-state index contributed by atoms with van der Waals surface area (Å²) in [5, 5.41) is 9.96. The molecular formula is C26H27N5O3. The van der Waals surface area contributed by atoms with Crippen molar-refractivity contribution in [3.05, 3.63) is 53.0 Å². The minimum absolute atomic E-state index is 0.296. The number of nitrogens with zero attached hydrogens (tertiary/aromatic N) is 3. The van der Waals surface area contributed by atoms with Crippen molar-refractivity contribution in [2.75, 3.05) is 6.61 Å². The Labute approximate surface area is 197 Å². The highest BCUT2D eigenvalue weighted by atomic mass is 16.8. The minimum atomic E-state index is -0.393. The molecule has 1 amide bonds. The molecule has 1 saturated heterocycles. The molecule has 0 bridgehead atoms. The number of pyridine rings is 2. The number of nitrogens with one attached hydrogen (secondary N) is 2. The van der Waals surface area contributed by atoms with Gasteiger partial charge in [0.1, 0.15) is 5.69 Å². The van der Waals surface area contributed by atoms with Crippen molar-refractivity contribution < 1.29 is 14.4 Å². The molecule has 8 heteroatoms. The van der Waals surface area contributed by atoms with Gasteiger partial charge in [-0.3, -0.25) is 14.9 Å². The third-order valence-electron chi connectivity index (χ3n) is 6.86. The number of H-pyrrole nitrogens is 1. The maximum absolute atomic E-state index is 12.5. The first-order valence-corrected chi connectivity index (χ1v) is 12.0. The summed E-state index contributed by atoms with van der Waals surface area (Å²) >= 11 is 0. The summed E-state index contributed by atoms with van der Waals surface area (Å²) in [6.07, 6.45) is 8.49. The molecule has 4 heterocycles. The molecule has 1 aromatic carbocycles. The van der Waals surface area contributed by atoms with Crippen molar-refractivity contribution in [2.45, 2.75) is 58.2 Å². The zero-order valence-corrected chi connectivity index (χ0v) is 19.2. The summed E-state index contributed by atoms with van der Waals surface area (Å²) in [4.78, 5) is 27.4. The molecule has 1 atom stereocenters. The molecule has 6 rings (SSSR count). The van der Waals surface area contributed by atoms with Crippen molar-refractivity contribution in [3.8, 4) is 11.3 Å². The number of benzene rings is 1. The number of fused-ring (bicyclic) bond motifs is 5. The molecule has 1 fully saturated rings. The Kier molecular flexibility index (Phi) is 5.47. The lowest BCUT2D eigenvalue weighted by Crippen LogP contribution is -2.33. The molecule has 1 aliphatic carbocycles. The van der Waals surface area contributed by atoms with Gasteiger partial charge in [0.2, 0.25) is 0 Å². The third-order valence-corrected chi connectivity index (χ3v) is 6.86. The molecule has 174 valence electrons. The van der Waals surface area contributed by atoms with Crippen LogP contribution in [-0.2, 0) is 22.4 Å². The second kappa shape index (κ2) is 8.77. The number of rotatable bonds is 4. The molecule has 0 spiro atoms. The highest BCUT2D eigenvalue weighted by Crippen LogP contribution is 2.38. The third kappa shape index (κ3) is 3.73. The van der Waals surface area contributed by atoms with Crippen molar-refractivity contribution >= 4 is 27.7 Å². The summed E-state index contributed by atoms with van der Waals surface area (Å²) < 4.78 is 5.49. The number of carbonyl (C=O) groups excluding carboxylic acids is 1. The summed E-state index contributed by atoms with van der Waals surface area (Å²) in [5.74, 6) is -0.382. The average Bonchev–Trinajstić information content (AvgIpc) is 3.28. The monoisotopic (exact) mass is 457 g/mol. The van der Waals surface area contributed by atoms with E-state index in [-0.39, 0.29) is 5.91 Å². The van der Waals surface area contributed by atoms with Crippen molar-refractivity contribution in [1.29, 1.82) is 0 Å². The van der Waals surface area contributed by atoms with Crippen LogP contribution in [0.3, 0.4) is 0 Å². The van der Waals surface area contributed by atoms with Crippen LogP contribution in [0.15, 0.2) is 30.5 Å². The predicted molar refractivity (Wildman–Crippen MR) is 128 cm³/mol. The van der Waals surface area contributed by atoms with Gasteiger partial charge in [-0.25, -0.2) is 15.3 Å². The van der Waals surface area contributed by atoms with Gasteiger partial charge in [-0.2, -0.15) is 5.10 Å². The van der Waals surface area contributed by atoms with E-state index in [0.717, 1.165) is 66.5 Å². The number of aryl methyl sites for hydroxylation is 2.